The molecule has 1 aromatic rings. The van der Waals surface area contributed by atoms with Crippen LogP contribution < -0.4 is 16.2 Å². The van der Waals surface area contributed by atoms with E-state index in [1.165, 1.54) is 6.07 Å². The summed E-state index contributed by atoms with van der Waals surface area (Å²) >= 11 is 0. The zero-order valence-corrected chi connectivity index (χ0v) is 10.5. The molecule has 0 unspecified atom stereocenters. The van der Waals surface area contributed by atoms with Crippen LogP contribution in [0.15, 0.2) is 35.2 Å². The van der Waals surface area contributed by atoms with Gasteiger partial charge < -0.3 is 11.1 Å². The van der Waals surface area contributed by atoms with E-state index < -0.39 is 10.0 Å². The van der Waals surface area contributed by atoms with E-state index >= 15 is 0 Å². The third-order valence-corrected chi connectivity index (χ3v) is 3.18. The van der Waals surface area contributed by atoms with Crippen molar-refractivity contribution in [3.05, 3.63) is 30.4 Å². The quantitative estimate of drug-likeness (QED) is 0.419. The van der Waals surface area contributed by atoms with Crippen LogP contribution in [0.25, 0.3) is 0 Å². The van der Waals surface area contributed by atoms with Crippen molar-refractivity contribution < 1.29 is 8.42 Å². The first-order chi connectivity index (χ1) is 7.95. The Kier molecular flexibility index (Phi) is 4.53. The van der Waals surface area contributed by atoms with E-state index in [0.29, 0.717) is 0 Å². The number of hydrogen-bond acceptors (Lipinski definition) is 4. The minimum Gasteiger partial charge on any atom is -0.398 e. The van der Waals surface area contributed by atoms with Crippen LogP contribution in [0.4, 0.5) is 11.4 Å². The Bertz CT molecular complexity index is 509. The summed E-state index contributed by atoms with van der Waals surface area (Å²) in [6, 6.07) is 4.61. The molecule has 0 saturated heterocycles. The summed E-state index contributed by atoms with van der Waals surface area (Å²) in [6.07, 6.45) is 4.91. The predicted molar refractivity (Wildman–Crippen MR) is 70.1 cm³/mol. The van der Waals surface area contributed by atoms with Gasteiger partial charge in [0.25, 0.3) is 0 Å². The van der Waals surface area contributed by atoms with Gasteiger partial charge in [-0.2, -0.15) is 0 Å². The third-order valence-electron chi connectivity index (χ3n) is 2.19. The maximum atomic E-state index is 11.1. The van der Waals surface area contributed by atoms with Gasteiger partial charge in [-0.05, 0) is 31.5 Å². The SMILES string of the molecule is C/C=C/CCNc1ccc(S(N)(=O)=O)c(N)c1. The highest BCUT2D eigenvalue weighted by Gasteiger charge is 2.11. The van der Waals surface area contributed by atoms with Crippen LogP contribution in [-0.4, -0.2) is 15.0 Å². The van der Waals surface area contributed by atoms with Crippen LogP contribution in [0.2, 0.25) is 0 Å². The van der Waals surface area contributed by atoms with E-state index in [4.69, 9.17) is 10.9 Å². The molecule has 0 aliphatic rings. The lowest BCUT2D eigenvalue weighted by Crippen LogP contribution is -2.14. The summed E-state index contributed by atoms with van der Waals surface area (Å²) in [5, 5.41) is 8.14. The molecule has 5 nitrogen and oxygen atoms in total. The van der Waals surface area contributed by atoms with Gasteiger partial charge in [0.15, 0.2) is 0 Å². The topological polar surface area (TPSA) is 98.2 Å². The van der Waals surface area contributed by atoms with Crippen LogP contribution in [0.3, 0.4) is 0 Å². The van der Waals surface area contributed by atoms with Gasteiger partial charge in [0.05, 0.1) is 5.69 Å². The fourth-order valence-corrected chi connectivity index (χ4v) is 2.03. The number of allylic oxidation sites excluding steroid dienone is 1. The molecular weight excluding hydrogens is 238 g/mol. The van der Waals surface area contributed by atoms with Gasteiger partial charge in [-0.1, -0.05) is 12.2 Å². The van der Waals surface area contributed by atoms with Gasteiger partial charge in [0, 0.05) is 12.2 Å². The molecule has 0 heterocycles. The second kappa shape index (κ2) is 5.70. The number of benzene rings is 1. The first-order valence-electron chi connectivity index (χ1n) is 5.22. The van der Waals surface area contributed by atoms with Crippen molar-refractivity contribution >= 4 is 21.4 Å². The van der Waals surface area contributed by atoms with Crippen LogP contribution in [0.5, 0.6) is 0 Å². The molecule has 0 saturated carbocycles. The van der Waals surface area contributed by atoms with Crippen molar-refractivity contribution in [2.45, 2.75) is 18.2 Å². The Hall–Kier alpha value is -1.53. The summed E-state index contributed by atoms with van der Waals surface area (Å²) in [6.45, 7) is 2.72. The van der Waals surface area contributed by atoms with E-state index in [9.17, 15) is 8.42 Å². The smallest absolute Gasteiger partial charge is 0.240 e. The molecule has 0 radical (unpaired) electrons. The average Bonchev–Trinajstić information content (AvgIpc) is 2.23. The third kappa shape index (κ3) is 4.08. The minimum absolute atomic E-state index is 0.0449. The standard InChI is InChI=1S/C11H17N3O2S/c1-2-3-4-7-14-9-5-6-11(10(12)8-9)17(13,15)16/h2-3,5-6,8,14H,4,7,12H2,1H3,(H2,13,15,16)/b3-2+. The average molecular weight is 255 g/mol. The normalized spacial score (nSPS) is 11.9. The molecule has 0 aliphatic carbocycles. The Balaban J connectivity index is 2.76. The molecule has 0 amide bonds. The van der Waals surface area contributed by atoms with Crippen LogP contribution in [-0.2, 0) is 10.0 Å². The highest BCUT2D eigenvalue weighted by molar-refractivity contribution is 7.89. The summed E-state index contributed by atoms with van der Waals surface area (Å²) in [4.78, 5) is -0.0449. The molecule has 17 heavy (non-hydrogen) atoms. The second-order valence-electron chi connectivity index (χ2n) is 3.58. The lowest BCUT2D eigenvalue weighted by molar-refractivity contribution is 0.598. The zero-order chi connectivity index (χ0) is 12.9. The van der Waals surface area contributed by atoms with Crippen molar-refractivity contribution in [3.8, 4) is 0 Å². The van der Waals surface area contributed by atoms with Gasteiger partial charge in [-0.3, -0.25) is 0 Å². The second-order valence-corrected chi connectivity index (χ2v) is 5.11. The predicted octanol–water partition coefficient (Wildman–Crippen LogP) is 1.29. The van der Waals surface area contributed by atoms with Crippen molar-refractivity contribution in [2.75, 3.05) is 17.6 Å². The fourth-order valence-electron chi connectivity index (χ4n) is 1.38. The number of anilines is 2. The Morgan fingerprint density at radius 1 is 1.41 bits per heavy atom. The van der Waals surface area contributed by atoms with E-state index in [2.05, 4.69) is 5.32 Å². The van der Waals surface area contributed by atoms with E-state index in [1.54, 1.807) is 12.1 Å². The first-order valence-corrected chi connectivity index (χ1v) is 6.77. The van der Waals surface area contributed by atoms with Gasteiger partial charge >= 0.3 is 0 Å². The molecule has 0 bridgehead atoms. The number of sulfonamides is 1. The highest BCUT2D eigenvalue weighted by Crippen LogP contribution is 2.21. The van der Waals surface area contributed by atoms with E-state index in [1.807, 2.05) is 19.1 Å². The number of nitrogens with one attached hydrogen (secondary N) is 1. The maximum Gasteiger partial charge on any atom is 0.240 e. The number of nitrogen functional groups attached to an aromatic ring is 1. The summed E-state index contributed by atoms with van der Waals surface area (Å²) in [5.74, 6) is 0. The lowest BCUT2D eigenvalue weighted by atomic mass is 10.2. The number of primary sulfonamides is 1. The van der Waals surface area contributed by atoms with Crippen molar-refractivity contribution in [1.29, 1.82) is 0 Å². The highest BCUT2D eigenvalue weighted by atomic mass is 32.2. The fraction of sp³-hybridized carbons (Fsp3) is 0.273. The van der Waals surface area contributed by atoms with Gasteiger partial charge in [0.1, 0.15) is 4.90 Å². The van der Waals surface area contributed by atoms with Crippen LogP contribution in [0, 0.1) is 0 Å². The van der Waals surface area contributed by atoms with Crippen molar-refractivity contribution in [1.82, 2.24) is 0 Å². The molecular formula is C11H17N3O2S. The molecule has 94 valence electrons. The number of rotatable bonds is 5. The molecule has 6 heteroatoms. The van der Waals surface area contributed by atoms with Crippen molar-refractivity contribution in [2.24, 2.45) is 5.14 Å². The van der Waals surface area contributed by atoms with E-state index in [-0.39, 0.29) is 10.6 Å². The summed E-state index contributed by atoms with van der Waals surface area (Å²) < 4.78 is 22.3. The minimum atomic E-state index is -3.74. The largest absolute Gasteiger partial charge is 0.398 e. The number of hydrogen-bond donors (Lipinski definition) is 3. The lowest BCUT2D eigenvalue weighted by Gasteiger charge is -2.08. The van der Waals surface area contributed by atoms with Gasteiger partial charge in [0.2, 0.25) is 10.0 Å². The molecule has 5 N–H and O–H groups in total. The van der Waals surface area contributed by atoms with E-state index in [0.717, 1.165) is 18.7 Å². The van der Waals surface area contributed by atoms with Crippen LogP contribution >= 0.6 is 0 Å². The molecule has 0 aliphatic heterocycles. The summed E-state index contributed by atoms with van der Waals surface area (Å²) in [5.41, 5.74) is 6.56. The Morgan fingerprint density at radius 2 is 2.12 bits per heavy atom. The van der Waals surface area contributed by atoms with Gasteiger partial charge in [-0.15, -0.1) is 0 Å². The van der Waals surface area contributed by atoms with Crippen LogP contribution in [0.1, 0.15) is 13.3 Å². The molecule has 0 spiro atoms. The van der Waals surface area contributed by atoms with Gasteiger partial charge in [-0.25, -0.2) is 13.6 Å². The molecule has 0 fully saturated rings. The first kappa shape index (κ1) is 13.5. The molecule has 0 aromatic heterocycles. The molecule has 0 atom stereocenters. The molecule has 1 rings (SSSR count). The Morgan fingerprint density at radius 3 is 2.65 bits per heavy atom. The Labute approximate surface area is 102 Å². The zero-order valence-electron chi connectivity index (χ0n) is 9.68. The maximum absolute atomic E-state index is 11.1. The molecule has 1 aromatic carbocycles. The van der Waals surface area contributed by atoms with Crippen molar-refractivity contribution in [3.63, 3.8) is 0 Å². The number of nitrogens with two attached hydrogens (primary N) is 2. The summed E-state index contributed by atoms with van der Waals surface area (Å²) in [7, 11) is -3.74. The monoisotopic (exact) mass is 255 g/mol.